The Labute approximate surface area is 127 Å². The van der Waals surface area contributed by atoms with Crippen molar-refractivity contribution in [3.05, 3.63) is 28.2 Å². The molecule has 5 nitrogen and oxygen atoms in total. The van der Waals surface area contributed by atoms with E-state index in [1.54, 1.807) is 12.1 Å². The zero-order valence-electron chi connectivity index (χ0n) is 11.0. The highest BCUT2D eigenvalue weighted by atomic mass is 79.9. The molecule has 1 fully saturated rings. The third-order valence-corrected chi connectivity index (χ3v) is 8.02. The van der Waals surface area contributed by atoms with Gasteiger partial charge in [-0.05, 0) is 53.4 Å². The molecule has 0 aliphatic carbocycles. The number of sulfone groups is 1. The van der Waals surface area contributed by atoms with Crippen LogP contribution in [0.4, 0.5) is 0 Å². The molecule has 2 rings (SSSR count). The molecule has 1 atom stereocenters. The molecule has 8 heteroatoms. The fourth-order valence-corrected chi connectivity index (χ4v) is 6.33. The quantitative estimate of drug-likeness (QED) is 0.858. The van der Waals surface area contributed by atoms with Crippen LogP contribution >= 0.6 is 15.9 Å². The molecule has 1 aromatic rings. The molecule has 1 unspecified atom stereocenters. The fourth-order valence-electron chi connectivity index (χ4n) is 2.19. The van der Waals surface area contributed by atoms with Gasteiger partial charge in [0.25, 0.3) is 0 Å². The average Bonchev–Trinajstić information content (AvgIpc) is 2.65. The van der Waals surface area contributed by atoms with Crippen molar-refractivity contribution in [1.29, 1.82) is 0 Å². The van der Waals surface area contributed by atoms with Gasteiger partial charge in [0, 0.05) is 11.0 Å². The standard InChI is InChI=1S/C12H16BrNO4S2/c1-9-4-5-12(11(13)7-9)20(17,18)14-8-10-3-2-6-19(10,15)16/h4-5,7,10,14H,2-3,6,8H2,1H3. The lowest BCUT2D eigenvalue weighted by Gasteiger charge is -2.12. The highest BCUT2D eigenvalue weighted by Gasteiger charge is 2.32. The largest absolute Gasteiger partial charge is 0.241 e. The first-order valence-electron chi connectivity index (χ1n) is 6.20. The van der Waals surface area contributed by atoms with Gasteiger partial charge in [-0.25, -0.2) is 21.6 Å². The molecule has 1 heterocycles. The Kier molecular flexibility index (Phi) is 4.58. The molecule has 1 aliphatic heterocycles. The summed E-state index contributed by atoms with van der Waals surface area (Å²) in [6, 6.07) is 4.91. The second-order valence-electron chi connectivity index (χ2n) is 4.92. The zero-order chi connectivity index (χ0) is 15.0. The molecule has 1 aromatic carbocycles. The van der Waals surface area contributed by atoms with Crippen LogP contribution in [0.25, 0.3) is 0 Å². The van der Waals surface area contributed by atoms with Crippen molar-refractivity contribution in [3.63, 3.8) is 0 Å². The van der Waals surface area contributed by atoms with Gasteiger partial charge in [-0.3, -0.25) is 0 Å². The summed E-state index contributed by atoms with van der Waals surface area (Å²) in [7, 11) is -6.85. The monoisotopic (exact) mass is 381 g/mol. The van der Waals surface area contributed by atoms with Gasteiger partial charge in [-0.2, -0.15) is 0 Å². The third-order valence-electron chi connectivity index (χ3n) is 3.34. The van der Waals surface area contributed by atoms with Gasteiger partial charge < -0.3 is 0 Å². The lowest BCUT2D eigenvalue weighted by molar-refractivity contribution is 0.570. The Morgan fingerprint density at radius 3 is 2.65 bits per heavy atom. The molecule has 0 aromatic heterocycles. The molecule has 0 spiro atoms. The zero-order valence-corrected chi connectivity index (χ0v) is 14.2. The van der Waals surface area contributed by atoms with Gasteiger partial charge in [0.2, 0.25) is 10.0 Å². The molecule has 0 bridgehead atoms. The summed E-state index contributed by atoms with van der Waals surface area (Å²) in [6.07, 6.45) is 1.11. The molecule has 0 saturated carbocycles. The Morgan fingerprint density at radius 1 is 1.40 bits per heavy atom. The topological polar surface area (TPSA) is 80.3 Å². The SMILES string of the molecule is Cc1ccc(S(=O)(=O)NCC2CCCS2(=O)=O)c(Br)c1. The Balaban J connectivity index is 2.16. The first-order chi connectivity index (χ1) is 9.22. The maximum Gasteiger partial charge on any atom is 0.241 e. The summed E-state index contributed by atoms with van der Waals surface area (Å²) in [5.41, 5.74) is 0.939. The minimum Gasteiger partial charge on any atom is -0.229 e. The van der Waals surface area contributed by atoms with E-state index in [0.717, 1.165) is 5.56 Å². The fraction of sp³-hybridized carbons (Fsp3) is 0.500. The van der Waals surface area contributed by atoms with E-state index < -0.39 is 25.1 Å². The van der Waals surface area contributed by atoms with Crippen molar-refractivity contribution in [2.75, 3.05) is 12.3 Å². The molecule has 112 valence electrons. The number of hydrogen-bond acceptors (Lipinski definition) is 4. The molecule has 0 amide bonds. The van der Waals surface area contributed by atoms with Gasteiger partial charge in [-0.15, -0.1) is 0 Å². The summed E-state index contributed by atoms with van der Waals surface area (Å²) in [5, 5.41) is -0.610. The van der Waals surface area contributed by atoms with E-state index in [0.29, 0.717) is 17.3 Å². The molecule has 1 saturated heterocycles. The lowest BCUT2D eigenvalue weighted by atomic mass is 10.2. The van der Waals surface area contributed by atoms with Gasteiger partial charge in [0.05, 0.1) is 15.9 Å². The van der Waals surface area contributed by atoms with Crippen LogP contribution in [0.15, 0.2) is 27.6 Å². The summed E-state index contributed by atoms with van der Waals surface area (Å²) in [5.74, 6) is 0.146. The third kappa shape index (κ3) is 3.41. The number of rotatable bonds is 4. The van der Waals surface area contributed by atoms with Gasteiger partial charge in [0.15, 0.2) is 9.84 Å². The van der Waals surface area contributed by atoms with Gasteiger partial charge in [-0.1, -0.05) is 6.07 Å². The van der Waals surface area contributed by atoms with Crippen molar-refractivity contribution in [3.8, 4) is 0 Å². The van der Waals surface area contributed by atoms with E-state index in [1.807, 2.05) is 6.92 Å². The molecule has 1 N–H and O–H groups in total. The van der Waals surface area contributed by atoms with E-state index >= 15 is 0 Å². The summed E-state index contributed by atoms with van der Waals surface area (Å²) < 4.78 is 50.6. The maximum atomic E-state index is 12.2. The van der Waals surface area contributed by atoms with Crippen LogP contribution in [0, 0.1) is 6.92 Å². The number of sulfonamides is 1. The van der Waals surface area contributed by atoms with E-state index in [1.165, 1.54) is 6.07 Å². The Bertz CT molecular complexity index is 713. The van der Waals surface area contributed by atoms with Crippen molar-refractivity contribution in [2.24, 2.45) is 0 Å². The van der Waals surface area contributed by atoms with Crippen molar-refractivity contribution >= 4 is 35.8 Å². The number of halogens is 1. The van der Waals surface area contributed by atoms with Gasteiger partial charge in [0.1, 0.15) is 0 Å². The number of hydrogen-bond donors (Lipinski definition) is 1. The predicted molar refractivity (Wildman–Crippen MR) is 80.9 cm³/mol. The molecule has 1 aliphatic rings. The minimum absolute atomic E-state index is 0.0645. The summed E-state index contributed by atoms with van der Waals surface area (Å²) >= 11 is 3.22. The summed E-state index contributed by atoms with van der Waals surface area (Å²) in [4.78, 5) is 0.124. The van der Waals surface area contributed by atoms with Crippen LogP contribution in [-0.4, -0.2) is 34.4 Å². The first kappa shape index (κ1) is 15.9. The smallest absolute Gasteiger partial charge is 0.229 e. The number of nitrogens with one attached hydrogen (secondary N) is 1. The van der Waals surface area contributed by atoms with E-state index in [4.69, 9.17) is 0 Å². The van der Waals surface area contributed by atoms with Gasteiger partial charge >= 0.3 is 0 Å². The van der Waals surface area contributed by atoms with Crippen molar-refractivity contribution < 1.29 is 16.8 Å². The van der Waals surface area contributed by atoms with Crippen molar-refractivity contribution in [1.82, 2.24) is 4.72 Å². The maximum absolute atomic E-state index is 12.2. The molecule has 0 radical (unpaired) electrons. The number of aryl methyl sites for hydroxylation is 1. The van der Waals surface area contributed by atoms with Crippen LogP contribution in [-0.2, 0) is 19.9 Å². The highest BCUT2D eigenvalue weighted by molar-refractivity contribution is 9.10. The van der Waals surface area contributed by atoms with E-state index in [-0.39, 0.29) is 17.2 Å². The molecular weight excluding hydrogens is 366 g/mol. The van der Waals surface area contributed by atoms with E-state index in [9.17, 15) is 16.8 Å². The minimum atomic E-state index is -3.71. The number of benzene rings is 1. The highest BCUT2D eigenvalue weighted by Crippen LogP contribution is 2.24. The Morgan fingerprint density at radius 2 is 2.10 bits per heavy atom. The van der Waals surface area contributed by atoms with Crippen LogP contribution < -0.4 is 4.72 Å². The van der Waals surface area contributed by atoms with Crippen LogP contribution in [0.3, 0.4) is 0 Å². The summed E-state index contributed by atoms with van der Waals surface area (Å²) in [6.45, 7) is 1.80. The average molecular weight is 382 g/mol. The second-order valence-corrected chi connectivity index (χ2v) is 9.91. The molecular formula is C12H16BrNO4S2. The van der Waals surface area contributed by atoms with Crippen LogP contribution in [0.5, 0.6) is 0 Å². The van der Waals surface area contributed by atoms with E-state index in [2.05, 4.69) is 20.7 Å². The first-order valence-corrected chi connectivity index (χ1v) is 10.2. The van der Waals surface area contributed by atoms with Crippen LogP contribution in [0.2, 0.25) is 0 Å². The second kappa shape index (κ2) is 5.75. The normalized spacial score (nSPS) is 22.0. The Hall–Kier alpha value is -0.440. The van der Waals surface area contributed by atoms with Crippen molar-refractivity contribution in [2.45, 2.75) is 29.9 Å². The molecule has 20 heavy (non-hydrogen) atoms. The van der Waals surface area contributed by atoms with Crippen LogP contribution in [0.1, 0.15) is 18.4 Å². The predicted octanol–water partition coefficient (Wildman–Crippen LogP) is 1.61. The lowest BCUT2D eigenvalue weighted by Crippen LogP contribution is -2.34.